The number of allylic oxidation sites excluding steroid dienone is 1. The van der Waals surface area contributed by atoms with E-state index in [0.717, 1.165) is 9.80 Å². The third-order valence-corrected chi connectivity index (χ3v) is 2.49. The number of carbonyl (C=O) groups excluding carboxylic acids is 1. The van der Waals surface area contributed by atoms with Crippen LogP contribution in [-0.4, -0.2) is 13.1 Å². The van der Waals surface area contributed by atoms with Crippen LogP contribution in [0.15, 0.2) is 46.2 Å². The van der Waals surface area contributed by atoms with E-state index >= 15 is 0 Å². The lowest BCUT2D eigenvalue weighted by atomic mass is 10.4. The quantitative estimate of drug-likeness (QED) is 0.434. The Bertz CT molecular complexity index is 330. The zero-order valence-corrected chi connectivity index (χ0v) is 9.01. The van der Waals surface area contributed by atoms with Crippen LogP contribution in [0.1, 0.15) is 6.92 Å². The third kappa shape index (κ3) is 3.66. The molecule has 0 heterocycles. The van der Waals surface area contributed by atoms with Crippen molar-refractivity contribution in [3.63, 3.8) is 0 Å². The number of ether oxygens (including phenoxy) is 1. The van der Waals surface area contributed by atoms with Crippen LogP contribution < -0.4 is 0 Å². The van der Waals surface area contributed by atoms with Crippen LogP contribution in [0, 0.1) is 0 Å². The van der Waals surface area contributed by atoms with Crippen molar-refractivity contribution < 1.29 is 9.53 Å². The molecule has 0 aliphatic carbocycles. The molecule has 1 rings (SSSR count). The average Bonchev–Trinajstić information content (AvgIpc) is 2.19. The summed E-state index contributed by atoms with van der Waals surface area (Å²) in [6, 6.07) is 9.89. The second-order valence-electron chi connectivity index (χ2n) is 2.69. The highest BCUT2D eigenvalue weighted by Gasteiger charge is 1.98. The number of carbonyl (C=O) groups is 1. The summed E-state index contributed by atoms with van der Waals surface area (Å²) in [7, 11) is 1.37. The maximum absolute atomic E-state index is 10.9. The molecule has 0 atom stereocenters. The summed E-state index contributed by atoms with van der Waals surface area (Å²) >= 11 is 1.55. The summed E-state index contributed by atoms with van der Waals surface area (Å²) in [4.78, 5) is 12.9. The van der Waals surface area contributed by atoms with Crippen molar-refractivity contribution in [3.8, 4) is 0 Å². The van der Waals surface area contributed by atoms with Gasteiger partial charge in [0, 0.05) is 11.0 Å². The number of esters is 1. The molecule has 0 spiro atoms. The Morgan fingerprint density at radius 2 is 2.00 bits per heavy atom. The molecule has 0 unspecified atom stereocenters. The van der Waals surface area contributed by atoms with Crippen LogP contribution in [0.25, 0.3) is 0 Å². The Kier molecular flexibility index (Phi) is 4.26. The Morgan fingerprint density at radius 1 is 1.36 bits per heavy atom. The van der Waals surface area contributed by atoms with Gasteiger partial charge in [0.1, 0.15) is 0 Å². The Labute approximate surface area is 88.0 Å². The molecule has 0 fully saturated rings. The molecule has 1 aromatic carbocycles. The minimum Gasteiger partial charge on any atom is -0.466 e. The summed E-state index contributed by atoms with van der Waals surface area (Å²) in [5.41, 5.74) is 0. The Hall–Kier alpha value is -1.22. The molecule has 2 nitrogen and oxygen atoms in total. The Balaban J connectivity index is 2.61. The highest BCUT2D eigenvalue weighted by molar-refractivity contribution is 8.03. The van der Waals surface area contributed by atoms with E-state index in [2.05, 4.69) is 4.74 Å². The van der Waals surface area contributed by atoms with Crippen molar-refractivity contribution in [2.24, 2.45) is 0 Å². The van der Waals surface area contributed by atoms with Gasteiger partial charge < -0.3 is 4.74 Å². The summed E-state index contributed by atoms with van der Waals surface area (Å²) < 4.78 is 4.53. The van der Waals surface area contributed by atoms with E-state index in [0.29, 0.717) is 0 Å². The van der Waals surface area contributed by atoms with Crippen LogP contribution in [0.5, 0.6) is 0 Å². The predicted octanol–water partition coefficient (Wildman–Crippen LogP) is 2.86. The van der Waals surface area contributed by atoms with Crippen LogP contribution in [0.3, 0.4) is 0 Å². The SMILES string of the molecule is COC(=O)/C=C(\C)Sc1ccccc1. The number of rotatable bonds is 3. The van der Waals surface area contributed by atoms with Gasteiger partial charge in [-0.05, 0) is 24.0 Å². The third-order valence-electron chi connectivity index (χ3n) is 1.54. The molecule has 0 saturated heterocycles. The highest BCUT2D eigenvalue weighted by Crippen LogP contribution is 2.25. The van der Waals surface area contributed by atoms with E-state index in [-0.39, 0.29) is 5.97 Å². The normalized spacial score (nSPS) is 11.1. The van der Waals surface area contributed by atoms with Crippen LogP contribution in [-0.2, 0) is 9.53 Å². The first kappa shape index (κ1) is 10.9. The second-order valence-corrected chi connectivity index (χ2v) is 4.01. The number of hydrogen-bond donors (Lipinski definition) is 0. The van der Waals surface area contributed by atoms with Gasteiger partial charge in [0.2, 0.25) is 0 Å². The summed E-state index contributed by atoms with van der Waals surface area (Å²) in [5.74, 6) is -0.314. The lowest BCUT2D eigenvalue weighted by molar-refractivity contribution is -0.134. The van der Waals surface area contributed by atoms with E-state index in [1.807, 2.05) is 37.3 Å². The van der Waals surface area contributed by atoms with Crippen LogP contribution in [0.2, 0.25) is 0 Å². The molecule has 0 bridgehead atoms. The highest BCUT2D eigenvalue weighted by atomic mass is 32.2. The van der Waals surface area contributed by atoms with Crippen molar-refractivity contribution >= 4 is 17.7 Å². The lowest BCUT2D eigenvalue weighted by Gasteiger charge is -2.00. The molecule has 0 amide bonds. The van der Waals surface area contributed by atoms with E-state index in [9.17, 15) is 4.79 Å². The van der Waals surface area contributed by atoms with Crippen molar-refractivity contribution in [2.75, 3.05) is 7.11 Å². The standard InChI is InChI=1S/C11H12O2S/c1-9(8-11(12)13-2)14-10-6-4-3-5-7-10/h3-8H,1-2H3/b9-8+. The van der Waals surface area contributed by atoms with Crippen LogP contribution >= 0.6 is 11.8 Å². The molecular weight excluding hydrogens is 196 g/mol. The first-order valence-electron chi connectivity index (χ1n) is 4.21. The van der Waals surface area contributed by atoms with Crippen molar-refractivity contribution in [3.05, 3.63) is 41.3 Å². The second kappa shape index (κ2) is 5.50. The summed E-state index contributed by atoms with van der Waals surface area (Å²) in [6.07, 6.45) is 1.48. The molecule has 3 heteroatoms. The molecular formula is C11H12O2S. The lowest BCUT2D eigenvalue weighted by Crippen LogP contribution is -1.94. The molecule has 14 heavy (non-hydrogen) atoms. The first-order valence-corrected chi connectivity index (χ1v) is 5.03. The number of methoxy groups -OCH3 is 1. The van der Waals surface area contributed by atoms with Gasteiger partial charge >= 0.3 is 5.97 Å². The average molecular weight is 208 g/mol. The molecule has 0 N–H and O–H groups in total. The molecule has 74 valence electrons. The van der Waals surface area contributed by atoms with E-state index < -0.39 is 0 Å². The minimum absolute atomic E-state index is 0.314. The van der Waals surface area contributed by atoms with Gasteiger partial charge in [-0.3, -0.25) is 0 Å². The molecule has 0 saturated carbocycles. The largest absolute Gasteiger partial charge is 0.466 e. The molecule has 0 aliphatic rings. The van der Waals surface area contributed by atoms with E-state index in [4.69, 9.17) is 0 Å². The molecule has 1 aromatic rings. The molecule has 0 aromatic heterocycles. The predicted molar refractivity (Wildman–Crippen MR) is 58.1 cm³/mol. The summed E-state index contributed by atoms with van der Waals surface area (Å²) in [5, 5.41) is 0. The van der Waals surface area contributed by atoms with Crippen molar-refractivity contribution in [1.29, 1.82) is 0 Å². The van der Waals surface area contributed by atoms with Crippen LogP contribution in [0.4, 0.5) is 0 Å². The van der Waals surface area contributed by atoms with Gasteiger partial charge in [0.15, 0.2) is 0 Å². The maximum atomic E-state index is 10.9. The van der Waals surface area contributed by atoms with Gasteiger partial charge in [0.25, 0.3) is 0 Å². The fraction of sp³-hybridized carbons (Fsp3) is 0.182. The minimum atomic E-state index is -0.314. The monoisotopic (exact) mass is 208 g/mol. The zero-order valence-electron chi connectivity index (χ0n) is 8.19. The van der Waals surface area contributed by atoms with Gasteiger partial charge in [0.05, 0.1) is 7.11 Å². The number of thioether (sulfide) groups is 1. The number of benzene rings is 1. The summed E-state index contributed by atoms with van der Waals surface area (Å²) in [6.45, 7) is 1.88. The van der Waals surface area contributed by atoms with Crippen molar-refractivity contribution in [1.82, 2.24) is 0 Å². The first-order chi connectivity index (χ1) is 6.72. The topological polar surface area (TPSA) is 26.3 Å². The maximum Gasteiger partial charge on any atom is 0.331 e. The fourth-order valence-corrected chi connectivity index (χ4v) is 1.75. The molecule has 0 aliphatic heterocycles. The van der Waals surface area contributed by atoms with E-state index in [1.165, 1.54) is 13.2 Å². The fourth-order valence-electron chi connectivity index (χ4n) is 0.929. The van der Waals surface area contributed by atoms with Gasteiger partial charge in [-0.15, -0.1) is 0 Å². The van der Waals surface area contributed by atoms with Gasteiger partial charge in [-0.1, -0.05) is 30.0 Å². The van der Waals surface area contributed by atoms with Crippen molar-refractivity contribution in [2.45, 2.75) is 11.8 Å². The Morgan fingerprint density at radius 3 is 2.57 bits per heavy atom. The number of hydrogen-bond acceptors (Lipinski definition) is 3. The smallest absolute Gasteiger partial charge is 0.331 e. The van der Waals surface area contributed by atoms with E-state index in [1.54, 1.807) is 11.8 Å². The van der Waals surface area contributed by atoms with Gasteiger partial charge in [-0.25, -0.2) is 4.79 Å². The van der Waals surface area contributed by atoms with Gasteiger partial charge in [-0.2, -0.15) is 0 Å². The molecule has 0 radical (unpaired) electrons. The zero-order chi connectivity index (χ0) is 10.4.